The van der Waals surface area contributed by atoms with Crippen molar-refractivity contribution in [3.63, 3.8) is 0 Å². The van der Waals surface area contributed by atoms with Crippen molar-refractivity contribution in [3.8, 4) is 16.9 Å². The first-order valence-corrected chi connectivity index (χ1v) is 7.33. The number of aryl methyl sites for hydroxylation is 1. The first-order chi connectivity index (χ1) is 12.0. The second-order valence-electron chi connectivity index (χ2n) is 5.25. The number of nitrogens with one attached hydrogen (secondary N) is 1. The van der Waals surface area contributed by atoms with Crippen LogP contribution in [0.5, 0.6) is 5.75 Å². The number of rotatable bonds is 4. The Bertz CT molecular complexity index is 901. The van der Waals surface area contributed by atoms with Crippen LogP contribution < -0.4 is 10.1 Å². The van der Waals surface area contributed by atoms with Crippen molar-refractivity contribution in [2.45, 2.75) is 0 Å². The number of benzene rings is 2. The molecule has 3 rings (SSSR count). The predicted molar refractivity (Wildman–Crippen MR) is 91.4 cm³/mol. The van der Waals surface area contributed by atoms with Crippen LogP contribution in [0.2, 0.25) is 0 Å². The molecule has 0 fully saturated rings. The SMILES string of the molecule is Cn1cc(-c2ccc(NC(=O)Oc3ccc([N+](=O)[O-])cc3)cc2)cn1. The van der Waals surface area contributed by atoms with Crippen LogP contribution >= 0.6 is 0 Å². The molecule has 8 nitrogen and oxygen atoms in total. The van der Waals surface area contributed by atoms with Crippen LogP contribution in [0.3, 0.4) is 0 Å². The summed E-state index contributed by atoms with van der Waals surface area (Å²) >= 11 is 0. The Balaban J connectivity index is 1.61. The zero-order chi connectivity index (χ0) is 17.8. The van der Waals surface area contributed by atoms with Crippen LogP contribution in [0.25, 0.3) is 11.1 Å². The van der Waals surface area contributed by atoms with Crippen LogP contribution in [-0.2, 0) is 7.05 Å². The molecule has 0 unspecified atom stereocenters. The van der Waals surface area contributed by atoms with E-state index in [4.69, 9.17) is 4.74 Å². The molecule has 25 heavy (non-hydrogen) atoms. The lowest BCUT2D eigenvalue weighted by Crippen LogP contribution is -2.16. The van der Waals surface area contributed by atoms with Gasteiger partial charge < -0.3 is 4.74 Å². The molecule has 0 aliphatic carbocycles. The highest BCUT2D eigenvalue weighted by Gasteiger charge is 2.09. The molecular formula is C17H14N4O4. The van der Waals surface area contributed by atoms with E-state index in [1.54, 1.807) is 23.0 Å². The van der Waals surface area contributed by atoms with Gasteiger partial charge in [-0.3, -0.25) is 20.1 Å². The maximum Gasteiger partial charge on any atom is 0.417 e. The molecule has 1 amide bonds. The van der Waals surface area contributed by atoms with Gasteiger partial charge >= 0.3 is 6.09 Å². The largest absolute Gasteiger partial charge is 0.417 e. The molecule has 1 N–H and O–H groups in total. The third-order valence-corrected chi connectivity index (χ3v) is 3.43. The van der Waals surface area contributed by atoms with Crippen LogP contribution in [0, 0.1) is 10.1 Å². The summed E-state index contributed by atoms with van der Waals surface area (Å²) in [4.78, 5) is 21.9. The summed E-state index contributed by atoms with van der Waals surface area (Å²) in [7, 11) is 1.84. The number of aromatic nitrogens is 2. The number of hydrogen-bond donors (Lipinski definition) is 1. The van der Waals surface area contributed by atoms with Gasteiger partial charge in [0, 0.05) is 36.6 Å². The lowest BCUT2D eigenvalue weighted by atomic mass is 10.1. The monoisotopic (exact) mass is 338 g/mol. The molecule has 0 aliphatic rings. The van der Waals surface area contributed by atoms with Crippen LogP contribution in [0.1, 0.15) is 0 Å². The summed E-state index contributed by atoms with van der Waals surface area (Å²) < 4.78 is 6.80. The Hall–Kier alpha value is -3.68. The maximum absolute atomic E-state index is 11.9. The Morgan fingerprint density at radius 2 is 1.80 bits per heavy atom. The van der Waals surface area contributed by atoms with Crippen molar-refractivity contribution in [2.24, 2.45) is 7.05 Å². The second-order valence-corrected chi connectivity index (χ2v) is 5.25. The highest BCUT2D eigenvalue weighted by molar-refractivity contribution is 5.86. The van der Waals surface area contributed by atoms with E-state index in [0.29, 0.717) is 5.69 Å². The number of carbonyl (C=O) groups is 1. The number of nitro benzene ring substituents is 1. The minimum atomic E-state index is -0.678. The predicted octanol–water partition coefficient (Wildman–Crippen LogP) is 3.61. The second kappa shape index (κ2) is 6.83. The minimum absolute atomic E-state index is 0.0706. The van der Waals surface area contributed by atoms with Gasteiger partial charge in [0.1, 0.15) is 5.75 Å². The van der Waals surface area contributed by atoms with Gasteiger partial charge in [-0.2, -0.15) is 5.10 Å². The Labute approximate surface area is 142 Å². The van der Waals surface area contributed by atoms with Crippen molar-refractivity contribution in [3.05, 3.63) is 71.0 Å². The van der Waals surface area contributed by atoms with E-state index in [9.17, 15) is 14.9 Å². The molecule has 0 saturated carbocycles. The van der Waals surface area contributed by atoms with E-state index in [1.807, 2.05) is 25.4 Å². The molecule has 0 radical (unpaired) electrons. The van der Waals surface area contributed by atoms with E-state index < -0.39 is 11.0 Å². The van der Waals surface area contributed by atoms with Crippen LogP contribution in [-0.4, -0.2) is 20.8 Å². The number of nitrogens with zero attached hydrogens (tertiary/aromatic N) is 3. The number of carbonyl (C=O) groups excluding carboxylic acids is 1. The standard InChI is InChI=1S/C17H14N4O4/c1-20-11-13(10-18-20)12-2-4-14(5-3-12)19-17(22)25-16-8-6-15(7-9-16)21(23)24/h2-11H,1H3,(H,19,22). The highest BCUT2D eigenvalue weighted by atomic mass is 16.6. The molecule has 0 saturated heterocycles. The molecule has 0 aliphatic heterocycles. The van der Waals surface area contributed by atoms with E-state index >= 15 is 0 Å². The van der Waals surface area contributed by atoms with Crippen molar-refractivity contribution in [2.75, 3.05) is 5.32 Å². The average Bonchev–Trinajstić information content (AvgIpc) is 3.02. The topological polar surface area (TPSA) is 99.3 Å². The minimum Gasteiger partial charge on any atom is -0.410 e. The van der Waals surface area contributed by atoms with Crippen molar-refractivity contribution < 1.29 is 14.5 Å². The lowest BCUT2D eigenvalue weighted by molar-refractivity contribution is -0.384. The van der Waals surface area contributed by atoms with Gasteiger partial charge in [0.25, 0.3) is 5.69 Å². The molecule has 126 valence electrons. The fraction of sp³-hybridized carbons (Fsp3) is 0.0588. The molecule has 0 atom stereocenters. The van der Waals surface area contributed by atoms with Crippen LogP contribution in [0.15, 0.2) is 60.9 Å². The Morgan fingerprint density at radius 3 is 2.36 bits per heavy atom. The first kappa shape index (κ1) is 16.2. The van der Waals surface area contributed by atoms with Gasteiger partial charge in [0.05, 0.1) is 11.1 Å². The number of non-ortho nitro benzene ring substituents is 1. The summed E-state index contributed by atoms with van der Waals surface area (Å²) in [6, 6.07) is 12.5. The average molecular weight is 338 g/mol. The fourth-order valence-electron chi connectivity index (χ4n) is 2.20. The van der Waals surface area contributed by atoms with E-state index in [1.165, 1.54) is 24.3 Å². The smallest absolute Gasteiger partial charge is 0.410 e. The zero-order valence-corrected chi connectivity index (χ0v) is 13.2. The molecule has 0 bridgehead atoms. The quantitative estimate of drug-likeness (QED) is 0.579. The Kier molecular flexibility index (Phi) is 4.42. The number of hydrogen-bond acceptors (Lipinski definition) is 5. The summed E-state index contributed by atoms with van der Waals surface area (Å²) in [5.41, 5.74) is 2.45. The highest BCUT2D eigenvalue weighted by Crippen LogP contribution is 2.21. The van der Waals surface area contributed by atoms with Crippen molar-refractivity contribution >= 4 is 17.5 Å². The van der Waals surface area contributed by atoms with Crippen LogP contribution in [0.4, 0.5) is 16.2 Å². The number of amides is 1. The fourth-order valence-corrected chi connectivity index (χ4v) is 2.20. The van der Waals surface area contributed by atoms with E-state index in [-0.39, 0.29) is 11.4 Å². The first-order valence-electron chi connectivity index (χ1n) is 7.33. The molecule has 8 heteroatoms. The van der Waals surface area contributed by atoms with E-state index in [0.717, 1.165) is 11.1 Å². The molecule has 1 aromatic heterocycles. The van der Waals surface area contributed by atoms with E-state index in [2.05, 4.69) is 10.4 Å². The molecule has 0 spiro atoms. The molecule has 2 aromatic carbocycles. The summed E-state index contributed by atoms with van der Waals surface area (Å²) in [6.45, 7) is 0. The van der Waals surface area contributed by atoms with Gasteiger partial charge in [-0.15, -0.1) is 0 Å². The molecule has 1 heterocycles. The van der Waals surface area contributed by atoms with Gasteiger partial charge in [0.2, 0.25) is 0 Å². The normalized spacial score (nSPS) is 10.3. The number of anilines is 1. The summed E-state index contributed by atoms with van der Waals surface area (Å²) in [5, 5.41) is 17.3. The maximum atomic E-state index is 11.9. The summed E-state index contributed by atoms with van der Waals surface area (Å²) in [5.74, 6) is 0.218. The Morgan fingerprint density at radius 1 is 1.12 bits per heavy atom. The molecule has 3 aromatic rings. The zero-order valence-electron chi connectivity index (χ0n) is 13.2. The van der Waals surface area contributed by atoms with Gasteiger partial charge in [-0.25, -0.2) is 4.79 Å². The number of ether oxygens (including phenoxy) is 1. The van der Waals surface area contributed by atoms with Crippen molar-refractivity contribution in [1.82, 2.24) is 9.78 Å². The van der Waals surface area contributed by atoms with Gasteiger partial charge in [-0.05, 0) is 29.8 Å². The van der Waals surface area contributed by atoms with Gasteiger partial charge in [0.15, 0.2) is 0 Å². The van der Waals surface area contributed by atoms with Crippen molar-refractivity contribution in [1.29, 1.82) is 0 Å². The third-order valence-electron chi connectivity index (χ3n) is 3.43. The third kappa shape index (κ3) is 3.99. The molecular weight excluding hydrogens is 324 g/mol. The lowest BCUT2D eigenvalue weighted by Gasteiger charge is -2.07. The number of nitro groups is 1. The van der Waals surface area contributed by atoms with Gasteiger partial charge in [-0.1, -0.05) is 12.1 Å². The summed E-state index contributed by atoms with van der Waals surface area (Å²) in [6.07, 6.45) is 2.97.